The smallest absolute Gasteiger partial charge is 0.336 e. The van der Waals surface area contributed by atoms with Crippen molar-refractivity contribution in [2.45, 2.75) is 78.6 Å². The third-order valence-corrected chi connectivity index (χ3v) is 12.5. The molecule has 0 spiro atoms. The maximum absolute atomic E-state index is 7.09. The Bertz CT molecular complexity index is 2900. The average molecular weight is 755 g/mol. The fraction of sp³-hybridized carbons (Fsp3) is 0.222. The molecule has 10 rings (SSSR count). The number of furan rings is 1. The highest BCUT2D eigenvalue weighted by Gasteiger charge is 2.48. The van der Waals surface area contributed by atoms with Gasteiger partial charge < -0.3 is 14.1 Å². The van der Waals surface area contributed by atoms with E-state index in [9.17, 15) is 0 Å². The van der Waals surface area contributed by atoms with Crippen molar-refractivity contribution >= 4 is 68.1 Å². The Morgan fingerprint density at radius 1 is 0.431 bits per heavy atom. The predicted octanol–water partition coefficient (Wildman–Crippen LogP) is 13.9. The summed E-state index contributed by atoms with van der Waals surface area (Å²) >= 11 is 0. The zero-order valence-corrected chi connectivity index (χ0v) is 35.2. The van der Waals surface area contributed by atoms with E-state index in [4.69, 9.17) is 4.42 Å². The fourth-order valence-corrected chi connectivity index (χ4v) is 9.32. The highest BCUT2D eigenvalue weighted by molar-refractivity contribution is 6.95. The molecule has 2 aliphatic heterocycles. The largest absolute Gasteiger partial charge is 0.456 e. The van der Waals surface area contributed by atoms with Gasteiger partial charge in [-0.05, 0) is 104 Å². The number of anilines is 5. The molecule has 0 saturated carbocycles. The van der Waals surface area contributed by atoms with Crippen molar-refractivity contribution in [3.05, 3.63) is 162 Å². The molecular formula is C54H51BN2O. The molecular weight excluding hydrogens is 703 g/mol. The minimum Gasteiger partial charge on any atom is -0.456 e. The first-order valence-corrected chi connectivity index (χ1v) is 20.8. The Labute approximate surface area is 344 Å². The predicted molar refractivity (Wildman–Crippen MR) is 249 cm³/mol. The van der Waals surface area contributed by atoms with Gasteiger partial charge in [-0.25, -0.2) is 0 Å². The van der Waals surface area contributed by atoms with Crippen LogP contribution in [0.2, 0.25) is 0 Å². The zero-order valence-electron chi connectivity index (χ0n) is 35.2. The van der Waals surface area contributed by atoms with E-state index >= 15 is 0 Å². The summed E-state index contributed by atoms with van der Waals surface area (Å²) in [6.07, 6.45) is 0. The van der Waals surface area contributed by atoms with Crippen LogP contribution in [0, 0.1) is 0 Å². The van der Waals surface area contributed by atoms with Crippen LogP contribution in [0.25, 0.3) is 44.2 Å². The summed E-state index contributed by atoms with van der Waals surface area (Å²) in [7, 11) is 0. The number of para-hydroxylation sites is 2. The summed E-state index contributed by atoms with van der Waals surface area (Å²) in [5, 5.41) is 2.27. The Kier molecular flexibility index (Phi) is 7.99. The topological polar surface area (TPSA) is 19.6 Å². The van der Waals surface area contributed by atoms with Gasteiger partial charge in [0.2, 0.25) is 0 Å². The summed E-state index contributed by atoms with van der Waals surface area (Å²) < 4.78 is 7.09. The maximum atomic E-state index is 7.09. The third-order valence-electron chi connectivity index (χ3n) is 12.5. The molecule has 7 aromatic carbocycles. The van der Waals surface area contributed by atoms with Gasteiger partial charge in [0.25, 0.3) is 0 Å². The molecule has 0 amide bonds. The molecule has 2 aliphatic rings. The Hall–Kier alpha value is -6.00. The van der Waals surface area contributed by atoms with Crippen molar-refractivity contribution in [1.29, 1.82) is 0 Å². The van der Waals surface area contributed by atoms with Gasteiger partial charge in [-0.2, -0.15) is 0 Å². The van der Waals surface area contributed by atoms with Crippen molar-refractivity contribution in [1.82, 2.24) is 0 Å². The van der Waals surface area contributed by atoms with Crippen LogP contribution in [0.15, 0.2) is 150 Å². The lowest BCUT2D eigenvalue weighted by atomic mass is 9.43. The minimum absolute atomic E-state index is 0.0273. The number of fused-ring (bicyclic) bond motifs is 8. The molecule has 0 unspecified atom stereocenters. The standard InChI is InChI=1S/C54H51BN2O/c1-52(2,3)35-23-26-38(27-24-35)57-45-29-25-36(53(4,5)6)31-42(45)43-32-37(54(7,8)9)33-47-49(43)55(57)50-46(30-28-41-40-20-14-16-22-48(40)58-51(41)50)56(47)44-21-15-13-19-39(44)34-17-11-10-12-18-34/h10-33H,1-9H3. The van der Waals surface area contributed by atoms with Crippen LogP contribution in [0.3, 0.4) is 0 Å². The first-order valence-electron chi connectivity index (χ1n) is 20.8. The van der Waals surface area contributed by atoms with Gasteiger partial charge in [0.05, 0.1) is 5.69 Å². The molecule has 8 aromatic rings. The summed E-state index contributed by atoms with van der Waals surface area (Å²) in [5.74, 6) is 0. The van der Waals surface area contributed by atoms with Crippen LogP contribution >= 0.6 is 0 Å². The summed E-state index contributed by atoms with van der Waals surface area (Å²) in [6, 6.07) is 54.4. The summed E-state index contributed by atoms with van der Waals surface area (Å²) in [6.45, 7) is 20.7. The lowest BCUT2D eigenvalue weighted by Gasteiger charge is -2.46. The molecule has 0 radical (unpaired) electrons. The van der Waals surface area contributed by atoms with E-state index in [0.29, 0.717) is 0 Å². The Morgan fingerprint density at radius 3 is 1.78 bits per heavy atom. The molecule has 0 N–H and O–H groups in total. The molecule has 0 saturated heterocycles. The van der Waals surface area contributed by atoms with Gasteiger partial charge in [0, 0.05) is 50.1 Å². The number of benzene rings is 7. The van der Waals surface area contributed by atoms with E-state index in [2.05, 4.69) is 218 Å². The lowest BCUT2D eigenvalue weighted by Crippen LogP contribution is -2.62. The SMILES string of the molecule is CC(C)(C)c1ccc(N2B3c4c(cc(C(C)(C)C)cc4N(c4ccccc4-c4ccccc4)c4ccc5c(oc6ccccc65)c43)-c3cc(C(C)(C)C)ccc32)cc1. The zero-order chi connectivity index (χ0) is 40.3. The first-order chi connectivity index (χ1) is 27.7. The average Bonchev–Trinajstić information content (AvgIpc) is 3.59. The molecule has 4 heteroatoms. The van der Waals surface area contributed by atoms with E-state index in [-0.39, 0.29) is 23.1 Å². The number of nitrogens with zero attached hydrogens (tertiary/aromatic N) is 2. The van der Waals surface area contributed by atoms with Crippen molar-refractivity contribution in [2.24, 2.45) is 0 Å². The molecule has 3 nitrogen and oxygen atoms in total. The van der Waals surface area contributed by atoms with Gasteiger partial charge in [0.1, 0.15) is 11.2 Å². The Balaban J connectivity index is 1.38. The monoisotopic (exact) mass is 754 g/mol. The second-order valence-electron chi connectivity index (χ2n) is 19.4. The van der Waals surface area contributed by atoms with E-state index in [1.165, 1.54) is 61.2 Å². The highest BCUT2D eigenvalue weighted by Crippen LogP contribution is 2.51. The van der Waals surface area contributed by atoms with E-state index in [1.807, 2.05) is 0 Å². The van der Waals surface area contributed by atoms with Gasteiger partial charge in [0.15, 0.2) is 0 Å². The molecule has 0 atom stereocenters. The van der Waals surface area contributed by atoms with Crippen molar-refractivity contribution < 1.29 is 4.42 Å². The minimum atomic E-state index is -0.174. The lowest BCUT2D eigenvalue weighted by molar-refractivity contribution is 0.589. The summed E-state index contributed by atoms with van der Waals surface area (Å²) in [4.78, 5) is 5.16. The van der Waals surface area contributed by atoms with Gasteiger partial charge >= 0.3 is 6.85 Å². The maximum Gasteiger partial charge on any atom is 0.336 e. The van der Waals surface area contributed by atoms with Crippen LogP contribution < -0.4 is 20.6 Å². The van der Waals surface area contributed by atoms with Crippen molar-refractivity contribution in [3.63, 3.8) is 0 Å². The number of hydrogen-bond acceptors (Lipinski definition) is 3. The fourth-order valence-electron chi connectivity index (χ4n) is 9.32. The molecule has 3 heterocycles. The van der Waals surface area contributed by atoms with Crippen LogP contribution in [-0.4, -0.2) is 6.85 Å². The molecule has 0 fully saturated rings. The molecule has 1 aromatic heterocycles. The van der Waals surface area contributed by atoms with Crippen molar-refractivity contribution in [3.8, 4) is 22.3 Å². The quantitative estimate of drug-likeness (QED) is 0.168. The van der Waals surface area contributed by atoms with Crippen LogP contribution in [-0.2, 0) is 16.2 Å². The van der Waals surface area contributed by atoms with Crippen LogP contribution in [0.5, 0.6) is 0 Å². The van der Waals surface area contributed by atoms with E-state index < -0.39 is 0 Å². The van der Waals surface area contributed by atoms with E-state index in [1.54, 1.807) is 0 Å². The van der Waals surface area contributed by atoms with Crippen LogP contribution in [0.1, 0.15) is 79.0 Å². The molecule has 58 heavy (non-hydrogen) atoms. The van der Waals surface area contributed by atoms with Gasteiger partial charge in [-0.1, -0.05) is 153 Å². The first kappa shape index (κ1) is 36.4. The second-order valence-corrected chi connectivity index (χ2v) is 19.4. The van der Waals surface area contributed by atoms with Gasteiger partial charge in [-0.15, -0.1) is 0 Å². The molecule has 0 aliphatic carbocycles. The highest BCUT2D eigenvalue weighted by atomic mass is 16.3. The summed E-state index contributed by atoms with van der Waals surface area (Å²) in [5.41, 5.74) is 19.0. The van der Waals surface area contributed by atoms with Crippen molar-refractivity contribution in [2.75, 3.05) is 9.71 Å². The normalized spacial score (nSPS) is 13.8. The van der Waals surface area contributed by atoms with E-state index in [0.717, 1.165) is 39.0 Å². The third kappa shape index (κ3) is 5.63. The second kappa shape index (κ2) is 12.8. The number of hydrogen-bond donors (Lipinski definition) is 0. The Morgan fingerprint density at radius 2 is 1.05 bits per heavy atom. The number of rotatable bonds is 3. The van der Waals surface area contributed by atoms with Crippen LogP contribution in [0.4, 0.5) is 28.4 Å². The molecule has 0 bridgehead atoms. The van der Waals surface area contributed by atoms with Gasteiger partial charge in [-0.3, -0.25) is 0 Å². The molecule has 286 valence electrons.